The van der Waals surface area contributed by atoms with Crippen molar-refractivity contribution >= 4 is 11.9 Å². The van der Waals surface area contributed by atoms with Crippen molar-refractivity contribution in [1.29, 1.82) is 0 Å². The first-order chi connectivity index (χ1) is 10.1. The molecular weight excluding hydrogens is 270 g/mol. The van der Waals surface area contributed by atoms with Crippen LogP contribution in [0.4, 0.5) is 0 Å². The van der Waals surface area contributed by atoms with Crippen LogP contribution in [-0.2, 0) is 11.2 Å². The number of hydrogen-bond donors (Lipinski definition) is 3. The molecule has 2 rings (SSSR count). The molecule has 110 valence electrons. The molecule has 1 aromatic carbocycles. The van der Waals surface area contributed by atoms with Crippen molar-refractivity contribution in [3.05, 3.63) is 53.3 Å². The van der Waals surface area contributed by atoms with Gasteiger partial charge in [-0.2, -0.15) is 5.10 Å². The van der Waals surface area contributed by atoms with Gasteiger partial charge in [-0.15, -0.1) is 0 Å². The van der Waals surface area contributed by atoms with Crippen LogP contribution in [0.15, 0.2) is 36.5 Å². The second-order valence-electron chi connectivity index (χ2n) is 4.80. The highest BCUT2D eigenvalue weighted by Crippen LogP contribution is 2.07. The third-order valence-electron chi connectivity index (χ3n) is 3.24. The Balaban J connectivity index is 1.98. The number of benzene rings is 1. The van der Waals surface area contributed by atoms with E-state index in [1.165, 1.54) is 6.20 Å². The number of carbonyl (C=O) groups is 2. The third kappa shape index (κ3) is 3.92. The molecule has 6 heteroatoms. The van der Waals surface area contributed by atoms with Crippen LogP contribution >= 0.6 is 0 Å². The molecule has 0 aliphatic rings. The summed E-state index contributed by atoms with van der Waals surface area (Å²) in [6.07, 6.45) is 2.31. The molecule has 3 N–H and O–H groups in total. The van der Waals surface area contributed by atoms with Crippen LogP contribution in [0.3, 0.4) is 0 Å². The molecule has 0 saturated carbocycles. The minimum atomic E-state index is -1.04. The lowest BCUT2D eigenvalue weighted by atomic mass is 10.0. The molecule has 1 aromatic heterocycles. The van der Waals surface area contributed by atoms with Gasteiger partial charge in [0, 0.05) is 5.69 Å². The molecule has 0 unspecified atom stereocenters. The topological polar surface area (TPSA) is 95.1 Å². The Bertz CT molecular complexity index is 622. The molecule has 2 aromatic rings. The van der Waals surface area contributed by atoms with Crippen LogP contribution in [-0.4, -0.2) is 33.2 Å². The Morgan fingerprint density at radius 2 is 2.05 bits per heavy atom. The first-order valence-electron chi connectivity index (χ1n) is 6.65. The summed E-state index contributed by atoms with van der Waals surface area (Å²) < 4.78 is 0. The number of aryl methyl sites for hydroxylation is 2. The molecule has 6 nitrogen and oxygen atoms in total. The summed E-state index contributed by atoms with van der Waals surface area (Å²) in [5, 5.41) is 18.2. The lowest BCUT2D eigenvalue weighted by Crippen LogP contribution is -2.41. The van der Waals surface area contributed by atoms with Gasteiger partial charge in [0.2, 0.25) is 0 Å². The quantitative estimate of drug-likeness (QED) is 0.751. The van der Waals surface area contributed by atoms with E-state index in [-0.39, 0.29) is 0 Å². The lowest BCUT2D eigenvalue weighted by Gasteiger charge is -2.14. The van der Waals surface area contributed by atoms with Crippen molar-refractivity contribution < 1.29 is 14.7 Å². The number of carboxylic acids is 1. The number of carbonyl (C=O) groups excluding carboxylic acids is 1. The van der Waals surface area contributed by atoms with Crippen molar-refractivity contribution in [3.63, 3.8) is 0 Å². The van der Waals surface area contributed by atoms with Crippen LogP contribution in [0.2, 0.25) is 0 Å². The van der Waals surface area contributed by atoms with Crippen molar-refractivity contribution in [2.24, 2.45) is 0 Å². The van der Waals surface area contributed by atoms with Gasteiger partial charge < -0.3 is 10.4 Å². The van der Waals surface area contributed by atoms with Crippen LogP contribution in [0.5, 0.6) is 0 Å². The summed E-state index contributed by atoms with van der Waals surface area (Å²) >= 11 is 0. The van der Waals surface area contributed by atoms with E-state index >= 15 is 0 Å². The van der Waals surface area contributed by atoms with E-state index in [4.69, 9.17) is 0 Å². The SMILES string of the molecule is Cc1[nH]ncc1C(=O)N[C@@H](CCc1ccccc1)C(=O)O. The maximum Gasteiger partial charge on any atom is 0.326 e. The first kappa shape index (κ1) is 14.8. The number of nitrogens with zero attached hydrogens (tertiary/aromatic N) is 1. The third-order valence-corrected chi connectivity index (χ3v) is 3.24. The molecule has 1 amide bonds. The predicted molar refractivity (Wildman–Crippen MR) is 77.0 cm³/mol. The molecule has 0 bridgehead atoms. The molecule has 1 atom stereocenters. The fourth-order valence-corrected chi connectivity index (χ4v) is 2.03. The zero-order chi connectivity index (χ0) is 15.2. The van der Waals surface area contributed by atoms with Crippen LogP contribution < -0.4 is 5.32 Å². The highest BCUT2D eigenvalue weighted by Gasteiger charge is 2.21. The zero-order valence-electron chi connectivity index (χ0n) is 11.7. The van der Waals surface area contributed by atoms with E-state index in [0.29, 0.717) is 24.1 Å². The monoisotopic (exact) mass is 287 g/mol. The molecule has 0 aliphatic carbocycles. The van der Waals surface area contributed by atoms with Crippen molar-refractivity contribution in [3.8, 4) is 0 Å². The van der Waals surface area contributed by atoms with Crippen molar-refractivity contribution in [1.82, 2.24) is 15.5 Å². The van der Waals surface area contributed by atoms with Crippen LogP contribution in [0, 0.1) is 6.92 Å². The Morgan fingerprint density at radius 1 is 1.33 bits per heavy atom. The molecule has 0 spiro atoms. The standard InChI is InChI=1S/C15H17N3O3/c1-10-12(9-16-18-10)14(19)17-13(15(20)21)8-7-11-5-3-2-4-6-11/h2-6,9,13H,7-8H2,1H3,(H,16,18)(H,17,19)(H,20,21)/t13-/m0/s1. The largest absolute Gasteiger partial charge is 0.480 e. The number of aromatic amines is 1. The summed E-state index contributed by atoms with van der Waals surface area (Å²) in [6, 6.07) is 8.65. The number of aliphatic carboxylic acids is 1. The summed E-state index contributed by atoms with van der Waals surface area (Å²) in [4.78, 5) is 23.3. The van der Waals surface area contributed by atoms with E-state index in [1.807, 2.05) is 30.3 Å². The first-order valence-corrected chi connectivity index (χ1v) is 6.65. The van der Waals surface area contributed by atoms with E-state index in [2.05, 4.69) is 15.5 Å². The van der Waals surface area contributed by atoms with E-state index in [9.17, 15) is 14.7 Å². The summed E-state index contributed by atoms with van der Waals surface area (Å²) in [6.45, 7) is 1.71. The maximum atomic E-state index is 12.0. The number of rotatable bonds is 6. The Labute approximate surface area is 122 Å². The molecular formula is C15H17N3O3. The fourth-order valence-electron chi connectivity index (χ4n) is 2.03. The van der Waals surface area contributed by atoms with Crippen LogP contribution in [0.1, 0.15) is 28.0 Å². The van der Waals surface area contributed by atoms with Gasteiger partial charge in [0.15, 0.2) is 0 Å². The predicted octanol–water partition coefficient (Wildman–Crippen LogP) is 1.53. The van der Waals surface area contributed by atoms with Gasteiger partial charge in [-0.25, -0.2) is 4.79 Å². The number of hydrogen-bond acceptors (Lipinski definition) is 3. The Kier molecular flexibility index (Phi) is 4.71. The highest BCUT2D eigenvalue weighted by atomic mass is 16.4. The summed E-state index contributed by atoms with van der Waals surface area (Å²) in [5.41, 5.74) is 2.01. The summed E-state index contributed by atoms with van der Waals surface area (Å²) in [5.74, 6) is -1.47. The molecule has 0 fully saturated rings. The number of aromatic nitrogens is 2. The van der Waals surface area contributed by atoms with Gasteiger partial charge >= 0.3 is 5.97 Å². The van der Waals surface area contributed by atoms with Gasteiger partial charge in [0.1, 0.15) is 6.04 Å². The maximum absolute atomic E-state index is 12.0. The zero-order valence-corrected chi connectivity index (χ0v) is 11.7. The Morgan fingerprint density at radius 3 is 2.62 bits per heavy atom. The van der Waals surface area contributed by atoms with Gasteiger partial charge in [-0.1, -0.05) is 30.3 Å². The highest BCUT2D eigenvalue weighted by molar-refractivity contribution is 5.97. The lowest BCUT2D eigenvalue weighted by molar-refractivity contribution is -0.139. The number of carboxylic acid groups (broad SMARTS) is 1. The van der Waals surface area contributed by atoms with Gasteiger partial charge in [0.25, 0.3) is 5.91 Å². The number of nitrogens with one attached hydrogen (secondary N) is 2. The molecule has 0 radical (unpaired) electrons. The fraction of sp³-hybridized carbons (Fsp3) is 0.267. The Hall–Kier alpha value is -2.63. The van der Waals surface area contributed by atoms with Gasteiger partial charge in [0.05, 0.1) is 11.8 Å². The van der Waals surface area contributed by atoms with Crippen molar-refractivity contribution in [2.45, 2.75) is 25.8 Å². The second kappa shape index (κ2) is 6.69. The second-order valence-corrected chi connectivity index (χ2v) is 4.80. The van der Waals surface area contributed by atoms with E-state index in [1.54, 1.807) is 6.92 Å². The average molecular weight is 287 g/mol. The number of amides is 1. The molecule has 1 heterocycles. The smallest absolute Gasteiger partial charge is 0.326 e. The molecule has 0 saturated heterocycles. The van der Waals surface area contributed by atoms with Gasteiger partial charge in [-0.05, 0) is 25.3 Å². The minimum Gasteiger partial charge on any atom is -0.480 e. The molecule has 0 aliphatic heterocycles. The normalized spacial score (nSPS) is 11.9. The number of H-pyrrole nitrogens is 1. The van der Waals surface area contributed by atoms with E-state index in [0.717, 1.165) is 5.56 Å². The van der Waals surface area contributed by atoms with Gasteiger partial charge in [-0.3, -0.25) is 9.89 Å². The van der Waals surface area contributed by atoms with Crippen molar-refractivity contribution in [2.75, 3.05) is 0 Å². The minimum absolute atomic E-state index is 0.335. The summed E-state index contributed by atoms with van der Waals surface area (Å²) in [7, 11) is 0. The van der Waals surface area contributed by atoms with Crippen LogP contribution in [0.25, 0.3) is 0 Å². The molecule has 21 heavy (non-hydrogen) atoms. The average Bonchev–Trinajstić information content (AvgIpc) is 2.90. The van der Waals surface area contributed by atoms with E-state index < -0.39 is 17.9 Å².